The molecule has 0 radical (unpaired) electrons. The van der Waals surface area contributed by atoms with E-state index in [0.717, 1.165) is 12.1 Å². The zero-order valence-electron chi connectivity index (χ0n) is 21.8. The standard InChI is InChI=1S/C27H34F2O8S/c1-4-33-12-13-35-15-14-34-11-6-16-38(31,32)23-9-7-22(8-10-23)37-26-24(28)18-21(19-25(26)29)17-20(3)27(30)36-5-2/h7-10,17-19H,4-6,11-16H2,1-3H3/b20-17+. The fourth-order valence-electron chi connectivity index (χ4n) is 3.20. The molecule has 0 aliphatic heterocycles. The maximum absolute atomic E-state index is 14.6. The smallest absolute Gasteiger partial charge is 0.333 e. The summed E-state index contributed by atoms with van der Waals surface area (Å²) in [6.45, 7) is 7.85. The van der Waals surface area contributed by atoms with Crippen molar-refractivity contribution < 1.29 is 45.7 Å². The van der Waals surface area contributed by atoms with E-state index in [1.54, 1.807) is 6.92 Å². The third-order valence-corrected chi connectivity index (χ3v) is 6.87. The van der Waals surface area contributed by atoms with E-state index in [2.05, 4.69) is 0 Å². The molecule has 0 heterocycles. The van der Waals surface area contributed by atoms with Crippen molar-refractivity contribution in [1.29, 1.82) is 0 Å². The van der Waals surface area contributed by atoms with Gasteiger partial charge in [-0.2, -0.15) is 0 Å². The molecular formula is C27H34F2O8S. The van der Waals surface area contributed by atoms with Gasteiger partial charge in [-0.15, -0.1) is 0 Å². The van der Waals surface area contributed by atoms with Gasteiger partial charge < -0.3 is 23.7 Å². The van der Waals surface area contributed by atoms with E-state index in [1.165, 1.54) is 37.3 Å². The van der Waals surface area contributed by atoms with Gasteiger partial charge in [0, 0.05) is 18.8 Å². The van der Waals surface area contributed by atoms with Gasteiger partial charge in [0.1, 0.15) is 5.75 Å². The Labute approximate surface area is 222 Å². The van der Waals surface area contributed by atoms with Gasteiger partial charge in [0.15, 0.2) is 27.2 Å². The number of benzene rings is 2. The fraction of sp³-hybridized carbons (Fsp3) is 0.444. The third-order valence-electron chi connectivity index (χ3n) is 5.05. The van der Waals surface area contributed by atoms with Crippen LogP contribution in [0, 0.1) is 11.6 Å². The Bertz CT molecular complexity index is 1140. The Hall–Kier alpha value is -2.86. The van der Waals surface area contributed by atoms with Gasteiger partial charge >= 0.3 is 5.97 Å². The van der Waals surface area contributed by atoms with Crippen LogP contribution in [0.15, 0.2) is 46.9 Å². The van der Waals surface area contributed by atoms with Crippen LogP contribution >= 0.6 is 0 Å². The molecule has 0 atom stereocenters. The van der Waals surface area contributed by atoms with Crippen molar-refractivity contribution in [2.24, 2.45) is 0 Å². The highest BCUT2D eigenvalue weighted by molar-refractivity contribution is 7.91. The summed E-state index contributed by atoms with van der Waals surface area (Å²) in [4.78, 5) is 11.8. The van der Waals surface area contributed by atoms with Crippen LogP contribution in [-0.4, -0.2) is 66.4 Å². The van der Waals surface area contributed by atoms with E-state index in [1.807, 2.05) is 6.92 Å². The maximum atomic E-state index is 14.6. The molecular weight excluding hydrogens is 522 g/mol. The molecule has 8 nitrogen and oxygen atoms in total. The first-order chi connectivity index (χ1) is 18.2. The van der Waals surface area contributed by atoms with Gasteiger partial charge in [-0.1, -0.05) is 0 Å². The monoisotopic (exact) mass is 556 g/mol. The van der Waals surface area contributed by atoms with Gasteiger partial charge in [0.25, 0.3) is 0 Å². The highest BCUT2D eigenvalue weighted by Crippen LogP contribution is 2.30. The van der Waals surface area contributed by atoms with Crippen molar-refractivity contribution in [3.05, 3.63) is 59.2 Å². The van der Waals surface area contributed by atoms with Crippen LogP contribution in [0.5, 0.6) is 11.5 Å². The molecule has 0 unspecified atom stereocenters. The lowest BCUT2D eigenvalue weighted by Crippen LogP contribution is -2.12. The third kappa shape index (κ3) is 10.5. The second-order valence-electron chi connectivity index (χ2n) is 8.03. The summed E-state index contributed by atoms with van der Waals surface area (Å²) < 4.78 is 80.3. The van der Waals surface area contributed by atoms with E-state index < -0.39 is 33.2 Å². The predicted octanol–water partition coefficient (Wildman–Crippen LogP) is 4.96. The van der Waals surface area contributed by atoms with Crippen LogP contribution < -0.4 is 4.74 Å². The van der Waals surface area contributed by atoms with Crippen LogP contribution in [-0.2, 0) is 33.6 Å². The first-order valence-electron chi connectivity index (χ1n) is 12.3. The number of rotatable bonds is 17. The molecule has 2 aromatic carbocycles. The topological polar surface area (TPSA) is 97.4 Å². The maximum Gasteiger partial charge on any atom is 0.333 e. The van der Waals surface area contributed by atoms with Crippen molar-refractivity contribution in [2.75, 3.05) is 52.0 Å². The molecule has 0 saturated carbocycles. The Kier molecular flexibility index (Phi) is 13.4. The molecule has 38 heavy (non-hydrogen) atoms. The highest BCUT2D eigenvalue weighted by atomic mass is 32.2. The first kappa shape index (κ1) is 31.4. The van der Waals surface area contributed by atoms with Crippen LogP contribution in [0.2, 0.25) is 0 Å². The zero-order valence-corrected chi connectivity index (χ0v) is 22.7. The number of halogens is 2. The summed E-state index contributed by atoms with van der Waals surface area (Å²) in [7, 11) is -3.58. The van der Waals surface area contributed by atoms with Gasteiger partial charge in [-0.3, -0.25) is 0 Å². The van der Waals surface area contributed by atoms with E-state index in [0.29, 0.717) is 39.5 Å². The summed E-state index contributed by atoms with van der Waals surface area (Å²) in [5, 5.41) is 0. The van der Waals surface area contributed by atoms with Crippen LogP contribution in [0.25, 0.3) is 6.08 Å². The van der Waals surface area contributed by atoms with Crippen LogP contribution in [0.1, 0.15) is 32.8 Å². The van der Waals surface area contributed by atoms with Crippen molar-refractivity contribution in [2.45, 2.75) is 32.1 Å². The molecule has 210 valence electrons. The van der Waals surface area contributed by atoms with Gasteiger partial charge in [0.05, 0.1) is 43.7 Å². The molecule has 0 spiro atoms. The van der Waals surface area contributed by atoms with Crippen molar-refractivity contribution >= 4 is 21.9 Å². The lowest BCUT2D eigenvalue weighted by molar-refractivity contribution is -0.138. The predicted molar refractivity (Wildman–Crippen MR) is 138 cm³/mol. The molecule has 0 saturated heterocycles. The molecule has 0 aromatic heterocycles. The largest absolute Gasteiger partial charge is 0.463 e. The van der Waals surface area contributed by atoms with E-state index in [-0.39, 0.29) is 40.7 Å². The summed E-state index contributed by atoms with van der Waals surface area (Å²) in [6.07, 6.45) is 1.60. The lowest BCUT2D eigenvalue weighted by Gasteiger charge is -2.10. The number of esters is 1. The number of carbonyl (C=O) groups is 1. The number of hydrogen-bond donors (Lipinski definition) is 0. The minimum Gasteiger partial charge on any atom is -0.463 e. The molecule has 0 fully saturated rings. The van der Waals surface area contributed by atoms with Gasteiger partial charge in [0.2, 0.25) is 0 Å². The summed E-state index contributed by atoms with van der Waals surface area (Å²) in [5.41, 5.74) is 0.308. The Morgan fingerprint density at radius 2 is 1.45 bits per heavy atom. The molecule has 2 rings (SSSR count). The average Bonchev–Trinajstić information content (AvgIpc) is 2.87. The molecule has 11 heteroatoms. The fourth-order valence-corrected chi connectivity index (χ4v) is 4.48. The summed E-state index contributed by atoms with van der Waals surface area (Å²) in [6, 6.07) is 7.31. The number of ether oxygens (including phenoxy) is 5. The Balaban J connectivity index is 1.89. The Morgan fingerprint density at radius 1 is 0.868 bits per heavy atom. The molecule has 0 amide bonds. The second-order valence-corrected chi connectivity index (χ2v) is 10.1. The molecule has 0 aliphatic carbocycles. The van der Waals surface area contributed by atoms with E-state index >= 15 is 0 Å². The Morgan fingerprint density at radius 3 is 2.03 bits per heavy atom. The first-order valence-corrected chi connectivity index (χ1v) is 13.9. The minimum absolute atomic E-state index is 0.0555. The normalized spacial score (nSPS) is 12.0. The molecule has 0 N–H and O–H groups in total. The zero-order chi connectivity index (χ0) is 28.0. The van der Waals surface area contributed by atoms with Gasteiger partial charge in [-0.25, -0.2) is 22.0 Å². The van der Waals surface area contributed by atoms with Crippen molar-refractivity contribution in [1.82, 2.24) is 0 Å². The number of sulfone groups is 1. The lowest BCUT2D eigenvalue weighted by atomic mass is 10.1. The molecule has 2 aromatic rings. The SMILES string of the molecule is CCOCCOCCOCCCS(=O)(=O)c1ccc(Oc2c(F)cc(/C=C(\C)C(=O)OCC)cc2F)cc1. The molecule has 0 bridgehead atoms. The van der Waals surface area contributed by atoms with Crippen LogP contribution in [0.4, 0.5) is 8.78 Å². The summed E-state index contributed by atoms with van der Waals surface area (Å²) >= 11 is 0. The van der Waals surface area contributed by atoms with Crippen LogP contribution in [0.3, 0.4) is 0 Å². The van der Waals surface area contributed by atoms with E-state index in [4.69, 9.17) is 23.7 Å². The van der Waals surface area contributed by atoms with E-state index in [9.17, 15) is 22.0 Å². The second kappa shape index (κ2) is 16.2. The number of hydrogen-bond acceptors (Lipinski definition) is 8. The van der Waals surface area contributed by atoms with Gasteiger partial charge in [-0.05, 0) is 75.2 Å². The van der Waals surface area contributed by atoms with Crippen molar-refractivity contribution in [3.63, 3.8) is 0 Å². The average molecular weight is 557 g/mol. The quantitative estimate of drug-likeness (QED) is 0.153. The summed E-state index contributed by atoms with van der Waals surface area (Å²) in [5.74, 6) is -3.27. The highest BCUT2D eigenvalue weighted by Gasteiger charge is 2.17. The number of carbonyl (C=O) groups excluding carboxylic acids is 1. The molecule has 0 aliphatic rings. The minimum atomic E-state index is -3.58. The van der Waals surface area contributed by atoms with Crippen molar-refractivity contribution in [3.8, 4) is 11.5 Å².